The van der Waals surface area contributed by atoms with Crippen LogP contribution in [0.1, 0.15) is 24.0 Å². The Morgan fingerprint density at radius 3 is 2.75 bits per heavy atom. The Hall–Kier alpha value is -0.860. The van der Waals surface area contributed by atoms with E-state index >= 15 is 0 Å². The molecule has 1 aliphatic heterocycles. The van der Waals surface area contributed by atoms with E-state index in [9.17, 15) is 0 Å². The van der Waals surface area contributed by atoms with Crippen molar-refractivity contribution in [2.75, 3.05) is 26.8 Å². The van der Waals surface area contributed by atoms with Crippen molar-refractivity contribution >= 4 is 0 Å². The molecule has 0 aromatic heterocycles. The summed E-state index contributed by atoms with van der Waals surface area (Å²) in [5.41, 5.74) is 3.21. The molecule has 0 radical (unpaired) electrons. The van der Waals surface area contributed by atoms with Crippen molar-refractivity contribution in [3.8, 4) is 0 Å². The lowest BCUT2D eigenvalue weighted by Gasteiger charge is -2.43. The van der Waals surface area contributed by atoms with E-state index in [2.05, 4.69) is 36.5 Å². The quantitative estimate of drug-likeness (QED) is 0.767. The minimum Gasteiger partial charge on any atom is -0.385 e. The van der Waals surface area contributed by atoms with Gasteiger partial charge >= 0.3 is 0 Å². The molecule has 2 nitrogen and oxygen atoms in total. The van der Waals surface area contributed by atoms with Gasteiger partial charge in [0.15, 0.2) is 0 Å². The van der Waals surface area contributed by atoms with Crippen LogP contribution in [0, 0.1) is 6.92 Å². The SMILES string of the molecule is COCCCC1(c2cccc(C)c2)CNC1. The van der Waals surface area contributed by atoms with Gasteiger partial charge in [-0.1, -0.05) is 29.8 Å². The molecule has 1 aliphatic rings. The van der Waals surface area contributed by atoms with Gasteiger partial charge in [-0.15, -0.1) is 0 Å². The number of benzene rings is 1. The van der Waals surface area contributed by atoms with Gasteiger partial charge in [0.2, 0.25) is 0 Å². The van der Waals surface area contributed by atoms with Gasteiger partial charge < -0.3 is 10.1 Å². The molecular formula is C14H21NO. The Kier molecular flexibility index (Phi) is 3.62. The minimum absolute atomic E-state index is 0.366. The number of hydrogen-bond acceptors (Lipinski definition) is 2. The third-order valence-electron chi connectivity index (χ3n) is 3.56. The second kappa shape index (κ2) is 4.98. The molecule has 0 spiro atoms. The summed E-state index contributed by atoms with van der Waals surface area (Å²) in [6.07, 6.45) is 2.36. The molecule has 1 heterocycles. The summed E-state index contributed by atoms with van der Waals surface area (Å²) in [6.45, 7) is 5.26. The monoisotopic (exact) mass is 219 g/mol. The molecule has 0 amide bonds. The van der Waals surface area contributed by atoms with Crippen molar-refractivity contribution < 1.29 is 4.74 Å². The molecule has 0 aliphatic carbocycles. The standard InChI is InChI=1S/C14H21NO/c1-12-5-3-6-13(9-12)14(10-15-11-14)7-4-8-16-2/h3,5-6,9,15H,4,7-8,10-11H2,1-2H3. The number of ether oxygens (including phenoxy) is 1. The summed E-state index contributed by atoms with van der Waals surface area (Å²) in [5.74, 6) is 0. The van der Waals surface area contributed by atoms with Crippen molar-refractivity contribution in [3.63, 3.8) is 0 Å². The minimum atomic E-state index is 0.366. The average molecular weight is 219 g/mol. The zero-order valence-corrected chi connectivity index (χ0v) is 10.3. The topological polar surface area (TPSA) is 21.3 Å². The molecule has 0 bridgehead atoms. The zero-order valence-electron chi connectivity index (χ0n) is 10.3. The fourth-order valence-corrected chi connectivity index (χ4v) is 2.48. The van der Waals surface area contributed by atoms with E-state index in [1.165, 1.54) is 17.5 Å². The maximum Gasteiger partial charge on any atom is 0.0462 e. The van der Waals surface area contributed by atoms with E-state index in [0.29, 0.717) is 5.41 Å². The molecular weight excluding hydrogens is 198 g/mol. The van der Waals surface area contributed by atoms with Crippen LogP contribution in [-0.4, -0.2) is 26.8 Å². The molecule has 0 atom stereocenters. The number of rotatable bonds is 5. The van der Waals surface area contributed by atoms with Crippen LogP contribution in [0.2, 0.25) is 0 Å². The maximum atomic E-state index is 5.15. The fourth-order valence-electron chi connectivity index (χ4n) is 2.48. The third-order valence-corrected chi connectivity index (χ3v) is 3.56. The van der Waals surface area contributed by atoms with Crippen LogP contribution < -0.4 is 5.32 Å². The first kappa shape index (κ1) is 11.6. The highest BCUT2D eigenvalue weighted by molar-refractivity contribution is 5.32. The van der Waals surface area contributed by atoms with Gasteiger partial charge in [-0.25, -0.2) is 0 Å². The van der Waals surface area contributed by atoms with Gasteiger partial charge in [0.25, 0.3) is 0 Å². The maximum absolute atomic E-state index is 5.15. The van der Waals surface area contributed by atoms with E-state index in [1.807, 2.05) is 0 Å². The Labute approximate surface area is 98.0 Å². The highest BCUT2D eigenvalue weighted by Crippen LogP contribution is 2.33. The predicted octanol–water partition coefficient (Wildman–Crippen LogP) is 2.26. The van der Waals surface area contributed by atoms with Crippen LogP contribution >= 0.6 is 0 Å². The number of nitrogens with one attached hydrogen (secondary N) is 1. The first-order valence-corrected chi connectivity index (χ1v) is 6.04. The summed E-state index contributed by atoms with van der Waals surface area (Å²) in [5, 5.41) is 3.41. The average Bonchev–Trinajstić information content (AvgIpc) is 2.22. The summed E-state index contributed by atoms with van der Waals surface area (Å²) in [4.78, 5) is 0. The number of methoxy groups -OCH3 is 1. The van der Waals surface area contributed by atoms with Gasteiger partial charge in [0.1, 0.15) is 0 Å². The van der Waals surface area contributed by atoms with Crippen LogP contribution in [-0.2, 0) is 10.2 Å². The molecule has 0 saturated carbocycles. The van der Waals surface area contributed by atoms with E-state index < -0.39 is 0 Å². The van der Waals surface area contributed by atoms with Crippen molar-refractivity contribution in [1.29, 1.82) is 0 Å². The predicted molar refractivity (Wildman–Crippen MR) is 66.8 cm³/mol. The molecule has 1 aromatic carbocycles. The molecule has 0 unspecified atom stereocenters. The van der Waals surface area contributed by atoms with Crippen LogP contribution in [0.5, 0.6) is 0 Å². The molecule has 1 saturated heterocycles. The van der Waals surface area contributed by atoms with Gasteiger partial charge in [-0.05, 0) is 25.3 Å². The van der Waals surface area contributed by atoms with Gasteiger partial charge in [0, 0.05) is 32.2 Å². The second-order valence-electron chi connectivity index (χ2n) is 4.85. The molecule has 1 N–H and O–H groups in total. The highest BCUT2D eigenvalue weighted by atomic mass is 16.5. The van der Waals surface area contributed by atoms with Crippen LogP contribution in [0.15, 0.2) is 24.3 Å². The fraction of sp³-hybridized carbons (Fsp3) is 0.571. The normalized spacial score (nSPS) is 18.1. The summed E-state index contributed by atoms with van der Waals surface area (Å²) in [7, 11) is 1.78. The van der Waals surface area contributed by atoms with Gasteiger partial charge in [-0.2, -0.15) is 0 Å². The lowest BCUT2D eigenvalue weighted by molar-refractivity contribution is 0.168. The zero-order chi connectivity index (χ0) is 11.4. The van der Waals surface area contributed by atoms with E-state index in [1.54, 1.807) is 7.11 Å². The van der Waals surface area contributed by atoms with E-state index in [4.69, 9.17) is 4.74 Å². The Morgan fingerprint density at radius 2 is 2.19 bits per heavy atom. The number of hydrogen-bond donors (Lipinski definition) is 1. The van der Waals surface area contributed by atoms with Crippen LogP contribution in [0.4, 0.5) is 0 Å². The van der Waals surface area contributed by atoms with E-state index in [-0.39, 0.29) is 0 Å². The van der Waals surface area contributed by atoms with Crippen molar-refractivity contribution in [3.05, 3.63) is 35.4 Å². The summed E-state index contributed by atoms with van der Waals surface area (Å²) < 4.78 is 5.15. The second-order valence-corrected chi connectivity index (χ2v) is 4.85. The van der Waals surface area contributed by atoms with Crippen LogP contribution in [0.25, 0.3) is 0 Å². The third kappa shape index (κ3) is 2.28. The lowest BCUT2D eigenvalue weighted by atomic mass is 9.71. The first-order chi connectivity index (χ1) is 7.77. The largest absolute Gasteiger partial charge is 0.385 e. The highest BCUT2D eigenvalue weighted by Gasteiger charge is 2.37. The lowest BCUT2D eigenvalue weighted by Crippen LogP contribution is -2.56. The first-order valence-electron chi connectivity index (χ1n) is 6.04. The Bertz CT molecular complexity index is 344. The smallest absolute Gasteiger partial charge is 0.0462 e. The molecule has 2 rings (SSSR count). The van der Waals surface area contributed by atoms with E-state index in [0.717, 1.165) is 26.1 Å². The van der Waals surface area contributed by atoms with Gasteiger partial charge in [-0.3, -0.25) is 0 Å². The summed E-state index contributed by atoms with van der Waals surface area (Å²) in [6, 6.07) is 8.92. The number of aryl methyl sites for hydroxylation is 1. The van der Waals surface area contributed by atoms with Crippen molar-refractivity contribution in [1.82, 2.24) is 5.32 Å². The Balaban J connectivity index is 2.08. The summed E-state index contributed by atoms with van der Waals surface area (Å²) >= 11 is 0. The molecule has 16 heavy (non-hydrogen) atoms. The molecule has 88 valence electrons. The molecule has 1 aromatic rings. The van der Waals surface area contributed by atoms with Crippen molar-refractivity contribution in [2.24, 2.45) is 0 Å². The van der Waals surface area contributed by atoms with Gasteiger partial charge in [0.05, 0.1) is 0 Å². The molecule has 2 heteroatoms. The van der Waals surface area contributed by atoms with Crippen LogP contribution in [0.3, 0.4) is 0 Å². The Morgan fingerprint density at radius 1 is 1.38 bits per heavy atom. The van der Waals surface area contributed by atoms with Crippen molar-refractivity contribution in [2.45, 2.75) is 25.2 Å². The molecule has 1 fully saturated rings.